The molecule has 0 aromatic heterocycles. The van der Waals surface area contributed by atoms with Crippen LogP contribution >= 0.6 is 0 Å². The maximum atomic E-state index is 13.2. The van der Waals surface area contributed by atoms with Gasteiger partial charge in [-0.25, -0.2) is 9.59 Å². The number of carbonyl (C=O) groups is 3. The Bertz CT molecular complexity index is 897. The molecule has 2 aliphatic rings. The molecule has 3 rings (SSSR count). The maximum absolute atomic E-state index is 13.2. The van der Waals surface area contributed by atoms with Crippen LogP contribution in [0.4, 0.5) is 18.0 Å². The number of fused-ring (bicyclic) bond motifs is 2. The maximum Gasteiger partial charge on any atom is 0.416 e. The summed E-state index contributed by atoms with van der Waals surface area (Å²) in [5, 5.41) is 2.63. The Morgan fingerprint density at radius 3 is 2.06 bits per heavy atom. The zero-order valence-electron chi connectivity index (χ0n) is 19.8. The fourth-order valence-electron chi connectivity index (χ4n) is 4.91. The Kier molecular flexibility index (Phi) is 7.47. The Balaban J connectivity index is 1.77. The lowest BCUT2D eigenvalue weighted by Gasteiger charge is -2.50. The summed E-state index contributed by atoms with van der Waals surface area (Å²) in [6.07, 6.45) is -1.96. The van der Waals surface area contributed by atoms with E-state index in [0.717, 1.165) is 18.6 Å². The fraction of sp³-hybridized carbons (Fsp3) is 0.625. The largest absolute Gasteiger partial charge is 0.467 e. The molecule has 188 valence electrons. The van der Waals surface area contributed by atoms with Gasteiger partial charge in [-0.3, -0.25) is 4.79 Å². The standard InChI is InChI=1S/C24H31F3N2O5/c1-23(2,3)34-22(32)28-19(21(31)33-4)15-12-17-6-5-7-18(13-15)29(17)20(30)14-8-10-16(11-9-14)24(25,26)27/h8-11,15,17-19H,5-7,12-13H2,1-4H3,(H,28,32). The third-order valence-corrected chi connectivity index (χ3v) is 6.30. The predicted octanol–water partition coefficient (Wildman–Crippen LogP) is 4.55. The average Bonchev–Trinajstić information content (AvgIpc) is 2.74. The number of carbonyl (C=O) groups excluding carboxylic acids is 3. The van der Waals surface area contributed by atoms with E-state index in [-0.39, 0.29) is 29.5 Å². The van der Waals surface area contributed by atoms with Crippen molar-refractivity contribution in [3.8, 4) is 0 Å². The summed E-state index contributed by atoms with van der Waals surface area (Å²) in [6, 6.07) is 2.91. The van der Waals surface area contributed by atoms with E-state index in [2.05, 4.69) is 5.32 Å². The van der Waals surface area contributed by atoms with Crippen LogP contribution in [0.5, 0.6) is 0 Å². The van der Waals surface area contributed by atoms with Crippen molar-refractivity contribution in [2.75, 3.05) is 7.11 Å². The van der Waals surface area contributed by atoms with Crippen molar-refractivity contribution in [1.82, 2.24) is 10.2 Å². The number of nitrogens with zero attached hydrogens (tertiary/aromatic N) is 1. The molecule has 1 aromatic rings. The number of alkyl carbamates (subject to hydrolysis) is 1. The van der Waals surface area contributed by atoms with Gasteiger partial charge in [-0.2, -0.15) is 13.2 Å². The molecule has 3 unspecified atom stereocenters. The van der Waals surface area contributed by atoms with Gasteiger partial charge in [0.05, 0.1) is 12.7 Å². The molecule has 2 saturated heterocycles. The summed E-state index contributed by atoms with van der Waals surface area (Å²) in [4.78, 5) is 39.8. The minimum atomic E-state index is -4.47. The number of methoxy groups -OCH3 is 1. The van der Waals surface area contributed by atoms with Gasteiger partial charge in [0.15, 0.2) is 0 Å². The number of ether oxygens (including phenoxy) is 2. The number of benzene rings is 1. The van der Waals surface area contributed by atoms with Gasteiger partial charge in [0.1, 0.15) is 11.6 Å². The highest BCUT2D eigenvalue weighted by molar-refractivity contribution is 5.95. The van der Waals surface area contributed by atoms with E-state index in [1.165, 1.54) is 19.2 Å². The zero-order valence-corrected chi connectivity index (χ0v) is 19.8. The molecule has 2 amide bonds. The zero-order chi connectivity index (χ0) is 25.3. The lowest BCUT2D eigenvalue weighted by atomic mass is 9.75. The molecule has 0 saturated carbocycles. The molecular weight excluding hydrogens is 453 g/mol. The van der Waals surface area contributed by atoms with Crippen molar-refractivity contribution < 1.29 is 37.0 Å². The molecule has 0 aliphatic carbocycles. The van der Waals surface area contributed by atoms with Crippen molar-refractivity contribution in [3.63, 3.8) is 0 Å². The van der Waals surface area contributed by atoms with E-state index in [1.54, 1.807) is 25.7 Å². The van der Waals surface area contributed by atoms with E-state index in [4.69, 9.17) is 9.47 Å². The molecule has 10 heteroatoms. The normalized spacial score (nSPS) is 23.6. The van der Waals surface area contributed by atoms with Gasteiger partial charge in [-0.15, -0.1) is 0 Å². The average molecular weight is 485 g/mol. The van der Waals surface area contributed by atoms with Crippen LogP contribution in [-0.2, 0) is 20.4 Å². The van der Waals surface area contributed by atoms with Crippen LogP contribution in [0.25, 0.3) is 0 Å². The summed E-state index contributed by atoms with van der Waals surface area (Å²) in [5.41, 5.74) is -1.35. The molecule has 34 heavy (non-hydrogen) atoms. The van der Waals surface area contributed by atoms with E-state index >= 15 is 0 Å². The van der Waals surface area contributed by atoms with Gasteiger partial charge >= 0.3 is 18.2 Å². The van der Waals surface area contributed by atoms with E-state index < -0.39 is 35.4 Å². The first-order chi connectivity index (χ1) is 15.8. The lowest BCUT2D eigenvalue weighted by molar-refractivity contribution is -0.145. The van der Waals surface area contributed by atoms with Gasteiger partial charge in [-0.1, -0.05) is 0 Å². The summed E-state index contributed by atoms with van der Waals surface area (Å²) in [6.45, 7) is 5.15. The molecule has 2 bridgehead atoms. The van der Waals surface area contributed by atoms with E-state index in [1.807, 2.05) is 0 Å². The van der Waals surface area contributed by atoms with Crippen molar-refractivity contribution in [3.05, 3.63) is 35.4 Å². The number of rotatable bonds is 4. The van der Waals surface area contributed by atoms with Gasteiger partial charge in [0, 0.05) is 17.6 Å². The third kappa shape index (κ3) is 6.01. The van der Waals surface area contributed by atoms with Crippen LogP contribution in [0.1, 0.15) is 68.8 Å². The predicted molar refractivity (Wildman–Crippen MR) is 117 cm³/mol. The van der Waals surface area contributed by atoms with Crippen LogP contribution in [-0.4, -0.2) is 53.7 Å². The number of hydrogen-bond donors (Lipinski definition) is 1. The van der Waals surface area contributed by atoms with Gasteiger partial charge in [0.2, 0.25) is 0 Å². The van der Waals surface area contributed by atoms with Crippen molar-refractivity contribution >= 4 is 18.0 Å². The summed E-state index contributed by atoms with van der Waals surface area (Å²) in [7, 11) is 1.25. The quantitative estimate of drug-likeness (QED) is 0.634. The SMILES string of the molecule is COC(=O)C(NC(=O)OC(C)(C)C)C1CC2CCCC(C1)N2C(=O)c1ccc(C(F)(F)F)cc1. The van der Waals surface area contributed by atoms with Crippen LogP contribution in [0.2, 0.25) is 0 Å². The Morgan fingerprint density at radius 2 is 1.59 bits per heavy atom. The topological polar surface area (TPSA) is 84.9 Å². The third-order valence-electron chi connectivity index (χ3n) is 6.30. The first-order valence-electron chi connectivity index (χ1n) is 11.4. The number of amides is 2. The minimum absolute atomic E-state index is 0.194. The highest BCUT2D eigenvalue weighted by Crippen LogP contribution is 2.40. The second kappa shape index (κ2) is 9.84. The van der Waals surface area contributed by atoms with Crippen LogP contribution in [0.15, 0.2) is 24.3 Å². The smallest absolute Gasteiger partial charge is 0.416 e. The molecule has 2 heterocycles. The Morgan fingerprint density at radius 1 is 1.03 bits per heavy atom. The summed E-state index contributed by atoms with van der Waals surface area (Å²) >= 11 is 0. The number of esters is 1. The highest BCUT2D eigenvalue weighted by atomic mass is 19.4. The van der Waals surface area contributed by atoms with E-state index in [9.17, 15) is 27.6 Å². The monoisotopic (exact) mass is 484 g/mol. The first kappa shape index (κ1) is 25.8. The molecule has 3 atom stereocenters. The van der Waals surface area contributed by atoms with Gasteiger partial charge < -0.3 is 19.7 Å². The Labute approximate surface area is 197 Å². The Hall–Kier alpha value is -2.78. The number of hydrogen-bond acceptors (Lipinski definition) is 5. The molecule has 0 spiro atoms. The lowest BCUT2D eigenvalue weighted by Crippen LogP contribution is -2.59. The van der Waals surface area contributed by atoms with Gasteiger partial charge in [-0.05, 0) is 83.1 Å². The van der Waals surface area contributed by atoms with Crippen LogP contribution in [0.3, 0.4) is 0 Å². The first-order valence-corrected chi connectivity index (χ1v) is 11.4. The van der Waals surface area contributed by atoms with E-state index in [0.29, 0.717) is 25.7 Å². The minimum Gasteiger partial charge on any atom is -0.467 e. The number of alkyl halides is 3. The molecule has 1 aromatic carbocycles. The number of nitrogens with one attached hydrogen (secondary N) is 1. The molecule has 0 radical (unpaired) electrons. The molecule has 2 fully saturated rings. The van der Waals surface area contributed by atoms with Crippen molar-refractivity contribution in [2.24, 2.45) is 5.92 Å². The number of piperidine rings is 2. The van der Waals surface area contributed by atoms with Crippen molar-refractivity contribution in [2.45, 2.75) is 82.8 Å². The van der Waals surface area contributed by atoms with Crippen molar-refractivity contribution in [1.29, 1.82) is 0 Å². The number of halogens is 3. The molecule has 2 aliphatic heterocycles. The summed E-state index contributed by atoms with van der Waals surface area (Å²) < 4.78 is 48.9. The van der Waals surface area contributed by atoms with Gasteiger partial charge in [0.25, 0.3) is 5.91 Å². The highest BCUT2D eigenvalue weighted by Gasteiger charge is 2.45. The molecule has 1 N–H and O–H groups in total. The van der Waals surface area contributed by atoms with Crippen LogP contribution in [0, 0.1) is 5.92 Å². The second-order valence-corrected chi connectivity index (χ2v) is 9.90. The molecule has 7 nitrogen and oxygen atoms in total. The fourth-order valence-corrected chi connectivity index (χ4v) is 4.91. The summed E-state index contributed by atoms with van der Waals surface area (Å²) in [5.74, 6) is -1.18. The van der Waals surface area contributed by atoms with Crippen LogP contribution < -0.4 is 5.32 Å². The molecular formula is C24H31F3N2O5. The second-order valence-electron chi connectivity index (χ2n) is 9.90.